The summed E-state index contributed by atoms with van der Waals surface area (Å²) in [6.45, 7) is 3.20. The molecule has 1 atom stereocenters. The minimum absolute atomic E-state index is 0.520. The molecule has 0 aliphatic rings. The molecule has 3 nitrogen and oxygen atoms in total. The molecule has 1 aromatic rings. The molecule has 4 heteroatoms. The van der Waals surface area contributed by atoms with Crippen LogP contribution in [0.15, 0.2) is 22.7 Å². The fourth-order valence-corrected chi connectivity index (χ4v) is 1.72. The Kier molecular flexibility index (Phi) is 3.15. The van der Waals surface area contributed by atoms with Crippen LogP contribution in [0.3, 0.4) is 0 Å². The smallest absolute Gasteiger partial charge is 0.328 e. The lowest BCUT2D eigenvalue weighted by molar-refractivity contribution is -0.141. The highest BCUT2D eigenvalue weighted by Gasteiger charge is 2.36. The number of aryl methyl sites for hydroxylation is 1. The van der Waals surface area contributed by atoms with Gasteiger partial charge in [-0.15, -0.1) is 0 Å². The van der Waals surface area contributed by atoms with Gasteiger partial charge in [-0.25, -0.2) is 0 Å². The first kappa shape index (κ1) is 11.7. The molecule has 0 fully saturated rings. The van der Waals surface area contributed by atoms with E-state index in [4.69, 9.17) is 10.4 Å². The van der Waals surface area contributed by atoms with Gasteiger partial charge in [-0.2, -0.15) is 5.26 Å². The van der Waals surface area contributed by atoms with Gasteiger partial charge in [0.15, 0.2) is 5.41 Å². The van der Waals surface area contributed by atoms with Crippen molar-refractivity contribution in [3.63, 3.8) is 0 Å². The summed E-state index contributed by atoms with van der Waals surface area (Å²) in [6, 6.07) is 7.12. The fraction of sp³-hybridized carbons (Fsp3) is 0.273. The van der Waals surface area contributed by atoms with Crippen LogP contribution < -0.4 is 0 Å². The van der Waals surface area contributed by atoms with Crippen LogP contribution in [0.5, 0.6) is 0 Å². The van der Waals surface area contributed by atoms with Crippen molar-refractivity contribution in [2.45, 2.75) is 19.3 Å². The Morgan fingerprint density at radius 1 is 1.60 bits per heavy atom. The zero-order valence-electron chi connectivity index (χ0n) is 8.41. The normalized spacial score (nSPS) is 14.0. The summed E-state index contributed by atoms with van der Waals surface area (Å²) >= 11 is 3.26. The Bertz CT molecular complexity index is 450. The first-order chi connectivity index (χ1) is 6.91. The Balaban J connectivity index is 3.44. The van der Waals surface area contributed by atoms with Gasteiger partial charge in [0.1, 0.15) is 0 Å². The number of carboxylic acid groups (broad SMARTS) is 1. The summed E-state index contributed by atoms with van der Waals surface area (Å²) in [5.41, 5.74) is -0.176. The Labute approximate surface area is 96.5 Å². The summed E-state index contributed by atoms with van der Waals surface area (Å²) in [5.74, 6) is -1.13. The summed E-state index contributed by atoms with van der Waals surface area (Å²) in [5, 5.41) is 18.0. The number of nitriles is 1. The number of aliphatic carboxylic acids is 1. The molecule has 0 aliphatic heterocycles. The highest BCUT2D eigenvalue weighted by atomic mass is 79.9. The van der Waals surface area contributed by atoms with E-state index in [2.05, 4.69) is 15.9 Å². The topological polar surface area (TPSA) is 61.1 Å². The monoisotopic (exact) mass is 267 g/mol. The zero-order valence-corrected chi connectivity index (χ0v) is 10.00. The number of hydrogen-bond acceptors (Lipinski definition) is 2. The molecule has 0 amide bonds. The van der Waals surface area contributed by atoms with Crippen molar-refractivity contribution in [3.05, 3.63) is 33.8 Å². The maximum Gasteiger partial charge on any atom is 0.328 e. The summed E-state index contributed by atoms with van der Waals surface area (Å²) < 4.78 is 0.769. The Morgan fingerprint density at radius 2 is 2.20 bits per heavy atom. The number of hydrogen-bond donors (Lipinski definition) is 1. The van der Waals surface area contributed by atoms with Crippen LogP contribution in [0.4, 0.5) is 0 Å². The van der Waals surface area contributed by atoms with Gasteiger partial charge in [0, 0.05) is 4.47 Å². The Hall–Kier alpha value is -1.34. The molecule has 0 heterocycles. The minimum atomic E-state index is -1.49. The molecule has 1 aromatic carbocycles. The van der Waals surface area contributed by atoms with E-state index in [1.165, 1.54) is 6.92 Å². The van der Waals surface area contributed by atoms with Crippen molar-refractivity contribution in [2.75, 3.05) is 0 Å². The lowest BCUT2D eigenvalue weighted by Gasteiger charge is -2.19. The van der Waals surface area contributed by atoms with Crippen LogP contribution in [-0.4, -0.2) is 11.1 Å². The second-order valence-electron chi connectivity index (χ2n) is 3.50. The van der Waals surface area contributed by atoms with E-state index in [1.807, 2.05) is 12.1 Å². The zero-order chi connectivity index (χ0) is 11.6. The van der Waals surface area contributed by atoms with Gasteiger partial charge in [-0.05, 0) is 37.1 Å². The van der Waals surface area contributed by atoms with Crippen LogP contribution in [-0.2, 0) is 10.2 Å². The van der Waals surface area contributed by atoms with Crippen molar-refractivity contribution in [2.24, 2.45) is 0 Å². The second kappa shape index (κ2) is 4.03. The van der Waals surface area contributed by atoms with Gasteiger partial charge >= 0.3 is 5.97 Å². The van der Waals surface area contributed by atoms with E-state index in [1.54, 1.807) is 19.1 Å². The van der Waals surface area contributed by atoms with Crippen molar-refractivity contribution >= 4 is 21.9 Å². The van der Waals surface area contributed by atoms with E-state index in [9.17, 15) is 4.79 Å². The van der Waals surface area contributed by atoms with Crippen molar-refractivity contribution in [1.29, 1.82) is 5.26 Å². The maximum atomic E-state index is 11.1. The SMILES string of the molecule is Cc1ccc(Br)cc1C(C)(C#N)C(=O)O. The molecule has 0 saturated carbocycles. The van der Waals surface area contributed by atoms with E-state index in [0.717, 1.165) is 10.0 Å². The third-order valence-corrected chi connectivity index (χ3v) is 2.88. The number of rotatable bonds is 2. The van der Waals surface area contributed by atoms with Crippen LogP contribution in [0.1, 0.15) is 18.1 Å². The predicted molar refractivity (Wildman–Crippen MR) is 59.5 cm³/mol. The Morgan fingerprint density at radius 3 is 2.67 bits per heavy atom. The van der Waals surface area contributed by atoms with Gasteiger partial charge in [0.25, 0.3) is 0 Å². The number of benzene rings is 1. The standard InChI is InChI=1S/C11H10BrNO2/c1-7-3-4-8(12)5-9(7)11(2,6-13)10(14)15/h3-5H,1-2H3,(H,14,15). The molecule has 0 bridgehead atoms. The third-order valence-electron chi connectivity index (χ3n) is 2.39. The molecule has 0 radical (unpaired) electrons. The van der Waals surface area contributed by atoms with Gasteiger partial charge in [0.05, 0.1) is 6.07 Å². The lowest BCUT2D eigenvalue weighted by Crippen LogP contribution is -2.31. The fourth-order valence-electron chi connectivity index (χ4n) is 1.36. The van der Waals surface area contributed by atoms with Gasteiger partial charge in [0.2, 0.25) is 0 Å². The quantitative estimate of drug-likeness (QED) is 0.896. The lowest BCUT2D eigenvalue weighted by atomic mass is 9.82. The van der Waals surface area contributed by atoms with E-state index in [0.29, 0.717) is 5.56 Å². The molecular formula is C11H10BrNO2. The summed E-state index contributed by atoms with van der Waals surface area (Å²) in [6.07, 6.45) is 0. The molecule has 0 aromatic heterocycles. The summed E-state index contributed by atoms with van der Waals surface area (Å²) in [7, 11) is 0. The first-order valence-electron chi connectivity index (χ1n) is 4.33. The van der Waals surface area contributed by atoms with Crippen LogP contribution in [0.25, 0.3) is 0 Å². The molecule has 1 N–H and O–H groups in total. The molecule has 1 rings (SSSR count). The first-order valence-corrected chi connectivity index (χ1v) is 5.12. The van der Waals surface area contributed by atoms with Gasteiger partial charge in [-0.1, -0.05) is 22.0 Å². The largest absolute Gasteiger partial charge is 0.480 e. The van der Waals surface area contributed by atoms with Crippen molar-refractivity contribution in [3.8, 4) is 6.07 Å². The van der Waals surface area contributed by atoms with E-state index < -0.39 is 11.4 Å². The molecule has 0 saturated heterocycles. The van der Waals surface area contributed by atoms with E-state index >= 15 is 0 Å². The number of carbonyl (C=O) groups is 1. The highest BCUT2D eigenvalue weighted by molar-refractivity contribution is 9.10. The van der Waals surface area contributed by atoms with E-state index in [-0.39, 0.29) is 0 Å². The molecule has 0 aliphatic carbocycles. The summed E-state index contributed by atoms with van der Waals surface area (Å²) in [4.78, 5) is 11.1. The van der Waals surface area contributed by atoms with Crippen LogP contribution >= 0.6 is 15.9 Å². The van der Waals surface area contributed by atoms with Crippen molar-refractivity contribution < 1.29 is 9.90 Å². The predicted octanol–water partition coefficient (Wildman–Crippen LogP) is 2.62. The minimum Gasteiger partial charge on any atom is -0.480 e. The molecule has 78 valence electrons. The van der Waals surface area contributed by atoms with Gasteiger partial charge < -0.3 is 5.11 Å². The number of nitrogens with zero attached hydrogens (tertiary/aromatic N) is 1. The average Bonchev–Trinajstić information content (AvgIpc) is 2.20. The van der Waals surface area contributed by atoms with Crippen LogP contribution in [0, 0.1) is 18.3 Å². The number of halogens is 1. The highest BCUT2D eigenvalue weighted by Crippen LogP contribution is 2.29. The second-order valence-corrected chi connectivity index (χ2v) is 4.42. The van der Waals surface area contributed by atoms with Gasteiger partial charge in [-0.3, -0.25) is 4.79 Å². The molecule has 1 unspecified atom stereocenters. The third kappa shape index (κ3) is 2.02. The number of carboxylic acids is 1. The maximum absolute atomic E-state index is 11.1. The van der Waals surface area contributed by atoms with Crippen molar-refractivity contribution in [1.82, 2.24) is 0 Å². The molecule has 0 spiro atoms. The molecule has 15 heavy (non-hydrogen) atoms. The average molecular weight is 268 g/mol. The molecular weight excluding hydrogens is 258 g/mol. The van der Waals surface area contributed by atoms with Crippen LogP contribution in [0.2, 0.25) is 0 Å².